The Hall–Kier alpha value is -6.61. The molecule has 0 aromatic heterocycles. The second-order valence-electron chi connectivity index (χ2n) is 35.4. The summed E-state index contributed by atoms with van der Waals surface area (Å²) in [6, 6.07) is -0.851. The Morgan fingerprint density at radius 1 is 0.357 bits per heavy atom. The van der Waals surface area contributed by atoms with Crippen molar-refractivity contribution >= 4 is 76.5 Å². The number of unbranched alkanes of at least 4 members (excludes halogenated alkanes) is 10. The van der Waals surface area contributed by atoms with Crippen molar-refractivity contribution in [2.24, 2.45) is 41.4 Å². The maximum absolute atomic E-state index is 14.1. The fraction of sp³-hybridized carbons (Fsp3) is 0.862. The van der Waals surface area contributed by atoms with E-state index in [0.717, 1.165) is 19.3 Å². The molecule has 8 N–H and O–H groups in total. The Bertz CT molecular complexity index is 3190. The number of carbonyl (C=O) groups excluding carboxylic acids is 13. The van der Waals surface area contributed by atoms with Crippen LogP contribution in [0.1, 0.15) is 291 Å². The van der Waals surface area contributed by atoms with E-state index in [1.807, 2.05) is 34.6 Å². The predicted molar refractivity (Wildman–Crippen MR) is 478 cm³/mol. The van der Waals surface area contributed by atoms with E-state index in [-0.39, 0.29) is 256 Å². The first-order valence-electron chi connectivity index (χ1n) is 48.6. The van der Waals surface area contributed by atoms with Gasteiger partial charge in [0.2, 0.25) is 36.9 Å². The van der Waals surface area contributed by atoms with Crippen LogP contribution in [0.2, 0.25) is 0 Å². The number of Topliss-reactive ketones (excluding diaryl/α,β-unsaturated/α-hetero) is 4. The van der Waals surface area contributed by atoms with Gasteiger partial charge < -0.3 is 108 Å². The number of rotatable bonds is 70. The second-order valence-corrected chi connectivity index (χ2v) is 35.4. The summed E-state index contributed by atoms with van der Waals surface area (Å²) in [7, 11) is 1.29. The van der Waals surface area contributed by atoms with Crippen LogP contribution in [0.3, 0.4) is 0 Å². The van der Waals surface area contributed by atoms with Gasteiger partial charge in [0.25, 0.3) is 0 Å². The van der Waals surface area contributed by atoms with E-state index in [9.17, 15) is 67.4 Å². The van der Waals surface area contributed by atoms with Crippen molar-refractivity contribution in [3.8, 4) is 0 Å². The highest BCUT2D eigenvalue weighted by molar-refractivity contribution is 5.81. The molecule has 0 aromatic carbocycles. The van der Waals surface area contributed by atoms with Crippen LogP contribution >= 0.6 is 0 Å². The highest BCUT2D eigenvalue weighted by atomic mass is 16.7. The molecule has 744 valence electrons. The molecule has 4 saturated heterocycles. The zero-order valence-electron chi connectivity index (χ0n) is 82.1. The van der Waals surface area contributed by atoms with Gasteiger partial charge in [-0.25, -0.2) is 0 Å². The normalized spacial score (nSPS) is 25.5. The van der Waals surface area contributed by atoms with Gasteiger partial charge in [-0.3, -0.25) is 62.3 Å². The van der Waals surface area contributed by atoms with Crippen molar-refractivity contribution in [3.63, 3.8) is 0 Å². The number of amides is 6. The third-order valence-corrected chi connectivity index (χ3v) is 24.6. The first-order valence-corrected chi connectivity index (χ1v) is 47.5. The molecule has 0 saturated carbocycles. The van der Waals surface area contributed by atoms with Crippen molar-refractivity contribution in [3.05, 3.63) is 0 Å². The maximum Gasteiger partial charge on any atom is 0.302 e. The number of ketones is 4. The number of nitrogens with one attached hydrogen (secondary N) is 6. The molecule has 0 aliphatic carbocycles. The minimum atomic E-state index is -1.42. The van der Waals surface area contributed by atoms with Gasteiger partial charge in [-0.2, -0.15) is 0 Å². The first-order chi connectivity index (χ1) is 62.5. The maximum atomic E-state index is 14.1. The Morgan fingerprint density at radius 2 is 0.690 bits per heavy atom. The van der Waals surface area contributed by atoms with Crippen LogP contribution in [-0.4, -0.2) is 280 Å². The summed E-state index contributed by atoms with van der Waals surface area (Å²) in [5.74, 6) is -2.36. The van der Waals surface area contributed by atoms with E-state index >= 15 is 0 Å². The molecule has 0 bridgehead atoms. The van der Waals surface area contributed by atoms with Crippen molar-refractivity contribution in [2.45, 2.75) is 369 Å². The summed E-state index contributed by atoms with van der Waals surface area (Å²) in [5.41, 5.74) is -1.42. The minimum Gasteiger partial charge on any atom is -0.463 e. The van der Waals surface area contributed by atoms with Crippen molar-refractivity contribution in [1.82, 2.24) is 31.9 Å². The minimum absolute atomic E-state index is 0.0321. The number of ether oxygens (including phenoxy) is 14. The fourth-order valence-corrected chi connectivity index (χ4v) is 15.9. The quantitative estimate of drug-likeness (QED) is 0.0160. The number of hydrogen-bond donors (Lipinski definition) is 8. The molecule has 20 atom stereocenters. The highest BCUT2D eigenvalue weighted by Crippen LogP contribution is 2.37. The molecule has 4 fully saturated rings. The van der Waals surface area contributed by atoms with Crippen LogP contribution in [0.25, 0.3) is 0 Å². The zero-order valence-corrected chi connectivity index (χ0v) is 80.1. The van der Waals surface area contributed by atoms with E-state index < -0.39 is 84.9 Å². The largest absolute Gasteiger partial charge is 0.463 e. The molecule has 4 rings (SSSR count). The average molecular weight is 1850 g/mol. The number of aliphatic hydroxyl groups excluding tert-OH is 2. The molecule has 7 unspecified atom stereocenters. The van der Waals surface area contributed by atoms with Gasteiger partial charge in [0.1, 0.15) is 60.7 Å². The molecular formula is C94H164N6O29. The van der Waals surface area contributed by atoms with Crippen molar-refractivity contribution < 1.29 is 140 Å². The van der Waals surface area contributed by atoms with Gasteiger partial charge in [0.05, 0.1) is 82.2 Å². The van der Waals surface area contributed by atoms with Gasteiger partial charge in [0.15, 0.2) is 18.9 Å². The summed E-state index contributed by atoms with van der Waals surface area (Å²) in [6.07, 6.45) is 7.74. The lowest BCUT2D eigenvalue weighted by molar-refractivity contribution is -0.255. The topological polar surface area (TPSA) is 464 Å². The summed E-state index contributed by atoms with van der Waals surface area (Å²) >= 11 is 0. The molecular weight excluding hydrogens is 1680 g/mol. The Morgan fingerprint density at radius 3 is 1.11 bits per heavy atom. The standard InChI is InChI=1S/C93H160N6O28.CH4O/c1-61-62(2)79(55-121-72(12)102)125-90(67(61)7)118-49-28-23-37-75(105)33-19-17-21-35-77(107)42-52-114-58-93(99-85(112)41-31-40-83(110)94-45-26-15-16-27-48-117-89-69(9)124-68(8)88(89)113,59-115-53-43-78(108)36-22-18-20-34-76(106)38-24-29-50-119-91-86(97-70(10)100)65(5)63(3)80(126-91)56-122-73(13)103)60-116-54-44-84(111)96-47-32-46-95-82(109)39-25-30-51-120-92-87(98-71(11)101)66(6)64(4)81(127-92)57-123-74(14)104;1-2/h61-69,79-81,86-92,113H,15-60H2,1-14H3,(H,94,110)(H,95,109)(H,96,111)(H,97,100)(H,98,101)(H,99,112);2H,1H3/t61-,62+,63+,64+,65-,66-,67?,68+,69-,79?,80?,81?,86?,87?,88+,89-,90+,91+,92+,93?;/m0./s1/i8D;2T. The average Bonchev–Trinajstić information content (AvgIpc) is 1.70. The van der Waals surface area contributed by atoms with Crippen LogP contribution in [-0.2, 0) is 129 Å². The summed E-state index contributed by atoms with van der Waals surface area (Å²) in [4.78, 5) is 165. The number of carbonyl (C=O) groups is 13. The summed E-state index contributed by atoms with van der Waals surface area (Å²) < 4.78 is 96.0. The van der Waals surface area contributed by atoms with E-state index in [2.05, 4.69) is 57.8 Å². The smallest absolute Gasteiger partial charge is 0.302 e. The lowest BCUT2D eigenvalue weighted by atomic mass is 9.79. The zero-order chi connectivity index (χ0) is 97.1. The van der Waals surface area contributed by atoms with Crippen LogP contribution in [0, 0.1) is 41.4 Å². The summed E-state index contributed by atoms with van der Waals surface area (Å²) in [6.45, 7) is 24.7. The molecule has 129 heavy (non-hydrogen) atoms. The summed E-state index contributed by atoms with van der Waals surface area (Å²) in [5, 5.41) is 31.5. The van der Waals surface area contributed by atoms with E-state index in [0.29, 0.717) is 142 Å². The van der Waals surface area contributed by atoms with Gasteiger partial charge in [-0.15, -0.1) is 0 Å². The monoisotopic (exact) mass is 1840 g/mol. The predicted octanol–water partition coefficient (Wildman–Crippen LogP) is 8.76. The number of esters is 3. The highest BCUT2D eigenvalue weighted by Gasteiger charge is 2.46. The molecule has 0 aromatic rings. The Labute approximate surface area is 769 Å². The van der Waals surface area contributed by atoms with Gasteiger partial charge in [0, 0.05) is 172 Å². The SMILES string of the molecule is [2H]C[C@H]1O[C@@H](C)[C@H](OCCCCCCNC(=O)CCCC(=O)NC(COCCC(=O)CCCCCC(=O)CCCCO[C@@H]2OC(COC(C)=O)[C@H](C)[C@H](C)C2C)(COCCC(=O)CCCCCC(=O)CCCCO[C@@H]2OC(COC(C)=O)[C@H](C)[C@H](C)C2NC(C)=O)COCCC(=O)NCCCNC(=O)CCCCO[C@@H]2OC(COC(C)=O)[C@H](C)[C@H](C)C2NC(C)=O)[C@@H]1O.[3H]OC. The van der Waals surface area contributed by atoms with Crippen LogP contribution in [0.15, 0.2) is 0 Å². The van der Waals surface area contributed by atoms with E-state index in [1.54, 1.807) is 0 Å². The molecule has 4 heterocycles. The van der Waals surface area contributed by atoms with Gasteiger partial charge in [-0.05, 0) is 139 Å². The van der Waals surface area contributed by atoms with Crippen LogP contribution < -0.4 is 31.9 Å². The molecule has 35 heteroatoms. The van der Waals surface area contributed by atoms with Gasteiger partial charge >= 0.3 is 17.9 Å². The fourth-order valence-electron chi connectivity index (χ4n) is 15.9. The van der Waals surface area contributed by atoms with E-state index in [4.69, 9.17) is 69.1 Å². The lowest BCUT2D eigenvalue weighted by Gasteiger charge is -2.44. The van der Waals surface area contributed by atoms with E-state index in [1.165, 1.54) is 41.7 Å². The van der Waals surface area contributed by atoms with Crippen molar-refractivity contribution in [2.75, 3.05) is 113 Å². The van der Waals surface area contributed by atoms with Crippen LogP contribution in [0.4, 0.5) is 0 Å². The lowest BCUT2D eigenvalue weighted by Crippen LogP contribution is -2.58. The third-order valence-electron chi connectivity index (χ3n) is 24.6. The molecule has 0 spiro atoms. The van der Waals surface area contributed by atoms with Crippen molar-refractivity contribution in [1.29, 1.82) is 1.43 Å². The molecule has 4 aliphatic heterocycles. The number of aliphatic hydroxyl groups is 2. The number of hydrogen-bond acceptors (Lipinski definition) is 29. The third kappa shape index (κ3) is 49.8. The Balaban J connectivity index is 0.0000145. The molecule has 6 amide bonds. The molecule has 0 radical (unpaired) electrons. The Kier molecular flexibility index (Phi) is 59.1. The second kappa shape index (κ2) is 67.5. The van der Waals surface area contributed by atoms with Crippen LogP contribution in [0.5, 0.6) is 0 Å². The molecule has 4 aliphatic rings. The van der Waals surface area contributed by atoms with Gasteiger partial charge in [-0.1, -0.05) is 74.1 Å². The molecule has 35 nitrogen and oxygen atoms in total. The first kappa shape index (κ1) is 113.